The highest BCUT2D eigenvalue weighted by Gasteiger charge is 2.17. The number of carbonyl (C=O) groups excluding carboxylic acids is 1. The molecule has 2 aromatic rings. The number of hydrogen-bond donors (Lipinski definition) is 2. The van der Waals surface area contributed by atoms with Gasteiger partial charge in [0.05, 0.1) is 9.82 Å². The minimum Gasteiger partial charge on any atom is -0.322 e. The maximum atomic E-state index is 12.3. The molecule has 0 spiro atoms. The van der Waals surface area contributed by atoms with Gasteiger partial charge in [-0.15, -0.1) is 0 Å². The summed E-state index contributed by atoms with van der Waals surface area (Å²) in [5.41, 5.74) is 0.431. The Morgan fingerprint density at radius 2 is 1.76 bits per heavy atom. The van der Waals surface area contributed by atoms with Gasteiger partial charge in [-0.2, -0.15) is 0 Å². The van der Waals surface area contributed by atoms with Crippen LogP contribution in [0.15, 0.2) is 53.4 Å². The van der Waals surface area contributed by atoms with E-state index in [4.69, 9.17) is 0 Å². The van der Waals surface area contributed by atoms with Gasteiger partial charge in [-0.1, -0.05) is 6.07 Å². The molecule has 0 saturated heterocycles. The van der Waals surface area contributed by atoms with Crippen LogP contribution < -0.4 is 10.0 Å². The first-order valence-electron chi connectivity index (χ1n) is 7.37. The third kappa shape index (κ3) is 4.85. The fraction of sp³-hybridized carbons (Fsp3) is 0.188. The summed E-state index contributed by atoms with van der Waals surface area (Å²) >= 11 is 0. The number of nitro groups is 1. The normalized spacial score (nSPS) is 11.3. The number of nitro benzene ring substituents is 1. The molecule has 0 saturated carbocycles. The molecule has 132 valence electrons. The van der Waals surface area contributed by atoms with Crippen molar-refractivity contribution in [2.45, 2.75) is 24.8 Å². The molecule has 0 heterocycles. The van der Waals surface area contributed by atoms with Crippen LogP contribution in [0.1, 0.15) is 24.2 Å². The van der Waals surface area contributed by atoms with Crippen LogP contribution in [0.4, 0.5) is 11.4 Å². The van der Waals surface area contributed by atoms with Crippen molar-refractivity contribution < 1.29 is 18.1 Å². The molecule has 0 fully saturated rings. The van der Waals surface area contributed by atoms with Gasteiger partial charge in [-0.25, -0.2) is 13.1 Å². The number of carbonyl (C=O) groups is 1. The van der Waals surface area contributed by atoms with E-state index in [0.717, 1.165) is 0 Å². The molecule has 0 aliphatic carbocycles. The summed E-state index contributed by atoms with van der Waals surface area (Å²) in [6.07, 6.45) is 0. The lowest BCUT2D eigenvalue weighted by Gasteiger charge is -2.11. The van der Waals surface area contributed by atoms with Crippen molar-refractivity contribution in [1.82, 2.24) is 4.72 Å². The molecule has 0 atom stereocenters. The zero-order chi connectivity index (χ0) is 18.6. The van der Waals surface area contributed by atoms with Gasteiger partial charge in [0.2, 0.25) is 10.0 Å². The lowest BCUT2D eigenvalue weighted by atomic mass is 10.2. The fourth-order valence-electron chi connectivity index (χ4n) is 2.05. The quantitative estimate of drug-likeness (QED) is 0.604. The molecule has 1 amide bonds. The first kappa shape index (κ1) is 18.6. The first-order valence-corrected chi connectivity index (χ1v) is 8.85. The number of non-ortho nitro benzene ring substituents is 1. The van der Waals surface area contributed by atoms with Crippen LogP contribution in [-0.2, 0) is 10.0 Å². The van der Waals surface area contributed by atoms with Gasteiger partial charge in [0, 0.05) is 29.4 Å². The van der Waals surface area contributed by atoms with Crippen molar-refractivity contribution in [3.05, 3.63) is 64.2 Å². The first-order chi connectivity index (χ1) is 11.7. The lowest BCUT2D eigenvalue weighted by molar-refractivity contribution is -0.384. The van der Waals surface area contributed by atoms with E-state index in [1.165, 1.54) is 48.5 Å². The van der Waals surface area contributed by atoms with Gasteiger partial charge in [0.1, 0.15) is 0 Å². The molecule has 8 nitrogen and oxygen atoms in total. The molecule has 0 radical (unpaired) electrons. The largest absolute Gasteiger partial charge is 0.322 e. The van der Waals surface area contributed by atoms with E-state index in [9.17, 15) is 23.3 Å². The molecule has 2 rings (SSSR count). The molecule has 25 heavy (non-hydrogen) atoms. The molecule has 0 aromatic heterocycles. The summed E-state index contributed by atoms with van der Waals surface area (Å²) in [6.45, 7) is 3.39. The van der Waals surface area contributed by atoms with E-state index in [1.54, 1.807) is 13.8 Å². The highest BCUT2D eigenvalue weighted by molar-refractivity contribution is 7.89. The molecule has 0 unspecified atom stereocenters. The number of nitrogens with one attached hydrogen (secondary N) is 2. The lowest BCUT2D eigenvalue weighted by Crippen LogP contribution is -2.30. The summed E-state index contributed by atoms with van der Waals surface area (Å²) in [5.74, 6) is -0.518. The van der Waals surface area contributed by atoms with Crippen LogP contribution in [0.25, 0.3) is 0 Å². The minimum atomic E-state index is -3.71. The van der Waals surface area contributed by atoms with Crippen LogP contribution in [-0.4, -0.2) is 25.3 Å². The molecule has 2 aromatic carbocycles. The number of rotatable bonds is 6. The molecular weight excluding hydrogens is 346 g/mol. The third-order valence-corrected chi connectivity index (χ3v) is 4.79. The summed E-state index contributed by atoms with van der Waals surface area (Å²) < 4.78 is 26.8. The summed E-state index contributed by atoms with van der Waals surface area (Å²) in [5, 5.41) is 13.2. The Labute approximate surface area is 145 Å². The van der Waals surface area contributed by atoms with Crippen LogP contribution >= 0.6 is 0 Å². The standard InChI is InChI=1S/C16H17N3O5S/c1-11(2)18-25(23,24)15-5-3-4-12(10-15)16(20)17-13-6-8-14(9-7-13)19(21)22/h3-11,18H,1-2H3,(H,17,20). The topological polar surface area (TPSA) is 118 Å². The number of anilines is 1. The summed E-state index contributed by atoms with van der Waals surface area (Å²) in [6, 6.07) is 10.7. The number of sulfonamides is 1. The van der Waals surface area contributed by atoms with Gasteiger partial charge in [-0.3, -0.25) is 14.9 Å². The van der Waals surface area contributed by atoms with Gasteiger partial charge in [0.15, 0.2) is 0 Å². The Morgan fingerprint density at radius 3 is 2.32 bits per heavy atom. The molecule has 9 heteroatoms. The molecule has 0 aliphatic rings. The second-order valence-electron chi connectivity index (χ2n) is 5.56. The second kappa shape index (κ2) is 7.41. The molecule has 0 bridgehead atoms. The van der Waals surface area contributed by atoms with E-state index in [1.807, 2.05) is 0 Å². The Hall–Kier alpha value is -2.78. The van der Waals surface area contributed by atoms with E-state index in [-0.39, 0.29) is 22.2 Å². The number of amides is 1. The van der Waals surface area contributed by atoms with Crippen molar-refractivity contribution in [3.8, 4) is 0 Å². The van der Waals surface area contributed by atoms with Gasteiger partial charge in [-0.05, 0) is 44.2 Å². The highest BCUT2D eigenvalue weighted by Crippen LogP contribution is 2.17. The molecule has 0 aliphatic heterocycles. The third-order valence-electron chi connectivity index (χ3n) is 3.13. The zero-order valence-electron chi connectivity index (χ0n) is 13.6. The Bertz CT molecular complexity index is 892. The number of nitrogens with zero attached hydrogens (tertiary/aromatic N) is 1. The SMILES string of the molecule is CC(C)NS(=O)(=O)c1cccc(C(=O)Nc2ccc([N+](=O)[O-])cc2)c1. The Morgan fingerprint density at radius 1 is 1.12 bits per heavy atom. The van der Waals surface area contributed by atoms with Gasteiger partial charge >= 0.3 is 0 Å². The minimum absolute atomic E-state index is 0.0162. The van der Waals surface area contributed by atoms with Gasteiger partial charge < -0.3 is 5.32 Å². The van der Waals surface area contributed by atoms with Crippen LogP contribution in [0.5, 0.6) is 0 Å². The smallest absolute Gasteiger partial charge is 0.269 e. The average Bonchev–Trinajstić information content (AvgIpc) is 2.54. The second-order valence-corrected chi connectivity index (χ2v) is 7.28. The van der Waals surface area contributed by atoms with Crippen molar-refractivity contribution in [1.29, 1.82) is 0 Å². The maximum absolute atomic E-state index is 12.3. The predicted molar refractivity (Wildman–Crippen MR) is 92.9 cm³/mol. The van der Waals surface area contributed by atoms with Crippen LogP contribution in [0.3, 0.4) is 0 Å². The fourth-order valence-corrected chi connectivity index (χ4v) is 3.35. The monoisotopic (exact) mass is 363 g/mol. The van der Waals surface area contributed by atoms with Crippen molar-refractivity contribution in [2.75, 3.05) is 5.32 Å². The summed E-state index contributed by atoms with van der Waals surface area (Å²) in [4.78, 5) is 22.3. The molecular formula is C16H17N3O5S. The van der Waals surface area contributed by atoms with Crippen LogP contribution in [0, 0.1) is 10.1 Å². The average molecular weight is 363 g/mol. The van der Waals surface area contributed by atoms with E-state index in [0.29, 0.717) is 5.69 Å². The molecule has 2 N–H and O–H groups in total. The summed E-state index contributed by atoms with van der Waals surface area (Å²) in [7, 11) is -3.71. The van der Waals surface area contributed by atoms with Crippen molar-refractivity contribution in [2.24, 2.45) is 0 Å². The van der Waals surface area contributed by atoms with Gasteiger partial charge in [0.25, 0.3) is 11.6 Å². The van der Waals surface area contributed by atoms with Crippen molar-refractivity contribution >= 4 is 27.3 Å². The Balaban J connectivity index is 2.20. The van der Waals surface area contributed by atoms with E-state index < -0.39 is 20.9 Å². The number of benzene rings is 2. The Kier molecular flexibility index (Phi) is 5.50. The van der Waals surface area contributed by atoms with Crippen molar-refractivity contribution in [3.63, 3.8) is 0 Å². The zero-order valence-corrected chi connectivity index (χ0v) is 14.4. The maximum Gasteiger partial charge on any atom is 0.269 e. The number of hydrogen-bond acceptors (Lipinski definition) is 5. The van der Waals surface area contributed by atoms with E-state index in [2.05, 4.69) is 10.0 Å². The predicted octanol–water partition coefficient (Wildman–Crippen LogP) is 2.53. The highest BCUT2D eigenvalue weighted by atomic mass is 32.2. The van der Waals surface area contributed by atoms with Crippen LogP contribution in [0.2, 0.25) is 0 Å². The van der Waals surface area contributed by atoms with E-state index >= 15 is 0 Å².